The minimum atomic E-state index is 0.480. The van der Waals surface area contributed by atoms with Gasteiger partial charge in [0.2, 0.25) is 0 Å². The van der Waals surface area contributed by atoms with Gasteiger partial charge in [0, 0.05) is 29.1 Å². The van der Waals surface area contributed by atoms with Crippen LogP contribution in [-0.4, -0.2) is 25.7 Å². The molecule has 0 aliphatic heterocycles. The zero-order chi connectivity index (χ0) is 18.1. The Bertz CT molecular complexity index is 1050. The molecule has 26 heavy (non-hydrogen) atoms. The van der Waals surface area contributed by atoms with Crippen LogP contribution in [-0.2, 0) is 0 Å². The molecule has 0 amide bonds. The highest BCUT2D eigenvalue weighted by atomic mass is 32.1. The van der Waals surface area contributed by atoms with Crippen molar-refractivity contribution in [2.24, 2.45) is 0 Å². The number of methoxy groups -OCH3 is 1. The third-order valence-corrected chi connectivity index (χ3v) is 5.78. The molecule has 0 aliphatic rings. The summed E-state index contributed by atoms with van der Waals surface area (Å²) in [5.41, 5.74) is 4.61. The average Bonchev–Trinajstić information content (AvgIpc) is 3.16. The molecule has 2 aromatic carbocycles. The number of hydrogen-bond acceptors (Lipinski definition) is 4. The van der Waals surface area contributed by atoms with E-state index < -0.39 is 0 Å². The van der Waals surface area contributed by atoms with Gasteiger partial charge in [-0.05, 0) is 47.7 Å². The van der Waals surface area contributed by atoms with E-state index in [1.54, 1.807) is 18.4 Å². The molecule has 1 atom stereocenters. The monoisotopic (exact) mass is 362 g/mol. The van der Waals surface area contributed by atoms with Crippen molar-refractivity contribution < 1.29 is 4.74 Å². The third kappa shape index (κ3) is 2.85. The van der Waals surface area contributed by atoms with Crippen molar-refractivity contribution in [1.29, 1.82) is 0 Å². The van der Waals surface area contributed by atoms with Gasteiger partial charge in [0.15, 0.2) is 0 Å². The van der Waals surface area contributed by atoms with Crippen molar-refractivity contribution >= 4 is 32.3 Å². The number of fused-ring (bicyclic) bond motifs is 3. The summed E-state index contributed by atoms with van der Waals surface area (Å²) in [6.07, 6.45) is 1.96. The summed E-state index contributed by atoms with van der Waals surface area (Å²) in [4.78, 5) is 4.66. The first kappa shape index (κ1) is 17.0. The highest BCUT2D eigenvalue weighted by Gasteiger charge is 2.15. The third-order valence-electron chi connectivity index (χ3n) is 4.93. The molecule has 132 valence electrons. The van der Waals surface area contributed by atoms with Gasteiger partial charge in [0.05, 0.1) is 17.3 Å². The molecule has 0 radical (unpaired) electrons. The fraction of sp³-hybridized carbons (Fsp3) is 0.227. The lowest BCUT2D eigenvalue weighted by molar-refractivity contribution is 0.417. The number of aromatic nitrogens is 1. The Morgan fingerprint density at radius 2 is 1.92 bits per heavy atom. The van der Waals surface area contributed by atoms with Crippen LogP contribution in [0.4, 0.5) is 0 Å². The number of nitrogens with zero attached hydrogens (tertiary/aromatic N) is 1. The zero-order valence-corrected chi connectivity index (χ0v) is 16.1. The van der Waals surface area contributed by atoms with Gasteiger partial charge >= 0.3 is 0 Å². The zero-order valence-electron chi connectivity index (χ0n) is 15.2. The van der Waals surface area contributed by atoms with Crippen molar-refractivity contribution in [3.05, 3.63) is 59.6 Å². The van der Waals surface area contributed by atoms with Crippen LogP contribution >= 0.6 is 11.3 Å². The summed E-state index contributed by atoms with van der Waals surface area (Å²) in [6, 6.07) is 15.1. The Hall–Kier alpha value is -2.43. The lowest BCUT2D eigenvalue weighted by Gasteiger charge is -2.15. The van der Waals surface area contributed by atoms with E-state index in [-0.39, 0.29) is 0 Å². The summed E-state index contributed by atoms with van der Waals surface area (Å²) in [5, 5.41) is 7.77. The molecule has 0 aliphatic carbocycles. The van der Waals surface area contributed by atoms with Gasteiger partial charge in [-0.1, -0.05) is 31.2 Å². The molecule has 0 saturated heterocycles. The minimum Gasteiger partial charge on any atom is -0.496 e. The van der Waals surface area contributed by atoms with Crippen LogP contribution in [0.25, 0.3) is 32.1 Å². The summed E-state index contributed by atoms with van der Waals surface area (Å²) < 4.78 is 6.92. The van der Waals surface area contributed by atoms with E-state index in [0.717, 1.165) is 28.9 Å². The van der Waals surface area contributed by atoms with Crippen molar-refractivity contribution in [2.45, 2.75) is 12.8 Å². The predicted molar refractivity (Wildman–Crippen MR) is 111 cm³/mol. The van der Waals surface area contributed by atoms with Gasteiger partial charge in [-0.2, -0.15) is 0 Å². The summed E-state index contributed by atoms with van der Waals surface area (Å²) >= 11 is 1.72. The Morgan fingerprint density at radius 3 is 2.65 bits per heavy atom. The second-order valence-electron chi connectivity index (χ2n) is 6.57. The quantitative estimate of drug-likeness (QED) is 0.513. The number of likely N-dealkylation sites (N-methyl/N-ethyl adjacent to an activating group) is 1. The minimum absolute atomic E-state index is 0.480. The Kier molecular flexibility index (Phi) is 4.62. The Morgan fingerprint density at radius 1 is 1.12 bits per heavy atom. The number of ether oxygens (including phenoxy) is 1. The molecule has 4 heteroatoms. The molecule has 4 rings (SSSR count). The number of hydrogen-bond donors (Lipinski definition) is 1. The molecule has 3 nitrogen and oxygen atoms in total. The lowest BCUT2D eigenvalue weighted by Crippen LogP contribution is -2.14. The molecule has 0 bridgehead atoms. The number of nitrogens with one attached hydrogen (secondary N) is 1. The molecule has 0 spiro atoms. The van der Waals surface area contributed by atoms with Crippen LogP contribution in [0, 0.1) is 0 Å². The van der Waals surface area contributed by atoms with E-state index in [9.17, 15) is 0 Å². The molecule has 0 saturated carbocycles. The largest absolute Gasteiger partial charge is 0.496 e. The molecule has 1 N–H and O–H groups in total. The maximum atomic E-state index is 5.72. The molecule has 0 unspecified atom stereocenters. The summed E-state index contributed by atoms with van der Waals surface area (Å²) in [7, 11) is 3.72. The van der Waals surface area contributed by atoms with Crippen LogP contribution in [0.2, 0.25) is 0 Å². The smallest absolute Gasteiger partial charge is 0.127 e. The Labute approximate surface area is 157 Å². The van der Waals surface area contributed by atoms with E-state index in [0.29, 0.717) is 5.92 Å². The van der Waals surface area contributed by atoms with Crippen LogP contribution in [0.1, 0.15) is 18.4 Å². The van der Waals surface area contributed by atoms with E-state index in [1.165, 1.54) is 21.0 Å². The average molecular weight is 362 g/mol. The predicted octanol–water partition coefficient (Wildman–Crippen LogP) is 5.45. The van der Waals surface area contributed by atoms with E-state index >= 15 is 0 Å². The number of rotatable bonds is 5. The van der Waals surface area contributed by atoms with Crippen LogP contribution in [0.15, 0.2) is 54.0 Å². The van der Waals surface area contributed by atoms with E-state index in [1.807, 2.05) is 25.4 Å². The number of thiophene rings is 1. The first-order chi connectivity index (χ1) is 12.7. The maximum absolute atomic E-state index is 5.72. The lowest BCUT2D eigenvalue weighted by atomic mass is 9.94. The normalized spacial score (nSPS) is 12.6. The molecular formula is C22H22N2OS. The molecular weight excluding hydrogens is 340 g/mol. The van der Waals surface area contributed by atoms with Crippen LogP contribution in [0.5, 0.6) is 5.75 Å². The SMILES string of the molecule is CNC[C@H](C)c1ccc(-c2c(OC)ccc3ncc4sccc4c23)cc1. The summed E-state index contributed by atoms with van der Waals surface area (Å²) in [6.45, 7) is 3.21. The summed E-state index contributed by atoms with van der Waals surface area (Å²) in [5.74, 6) is 1.36. The molecule has 4 aromatic rings. The van der Waals surface area contributed by atoms with Crippen molar-refractivity contribution in [1.82, 2.24) is 10.3 Å². The standard InChI is InChI=1S/C22H22N2OS/c1-14(12-23-2)15-4-6-16(7-5-15)21-19(25-3)9-8-18-22(21)17-10-11-26-20(17)13-24-18/h4-11,13-14,23H,12H2,1-3H3/t14-/m0/s1. The topological polar surface area (TPSA) is 34.1 Å². The first-order valence-corrected chi connectivity index (χ1v) is 9.68. The van der Waals surface area contributed by atoms with Gasteiger partial charge in [0.25, 0.3) is 0 Å². The highest BCUT2D eigenvalue weighted by Crippen LogP contribution is 2.41. The van der Waals surface area contributed by atoms with E-state index in [2.05, 4.69) is 52.9 Å². The second-order valence-corrected chi connectivity index (χ2v) is 7.52. The maximum Gasteiger partial charge on any atom is 0.127 e. The fourth-order valence-electron chi connectivity index (χ4n) is 3.57. The van der Waals surface area contributed by atoms with Crippen molar-refractivity contribution in [3.8, 4) is 16.9 Å². The number of benzene rings is 2. The second kappa shape index (κ2) is 7.06. The molecule has 0 fully saturated rings. The van der Waals surface area contributed by atoms with Gasteiger partial charge in [0.1, 0.15) is 5.75 Å². The van der Waals surface area contributed by atoms with Gasteiger partial charge < -0.3 is 10.1 Å². The number of pyridine rings is 1. The highest BCUT2D eigenvalue weighted by molar-refractivity contribution is 7.17. The van der Waals surface area contributed by atoms with Crippen LogP contribution in [0.3, 0.4) is 0 Å². The van der Waals surface area contributed by atoms with Crippen LogP contribution < -0.4 is 10.1 Å². The van der Waals surface area contributed by atoms with Gasteiger partial charge in [-0.3, -0.25) is 4.98 Å². The fourth-order valence-corrected chi connectivity index (χ4v) is 4.33. The molecule has 2 heterocycles. The van der Waals surface area contributed by atoms with Gasteiger partial charge in [-0.25, -0.2) is 0 Å². The first-order valence-electron chi connectivity index (χ1n) is 8.80. The van der Waals surface area contributed by atoms with Gasteiger partial charge in [-0.15, -0.1) is 11.3 Å². The van der Waals surface area contributed by atoms with Crippen molar-refractivity contribution in [3.63, 3.8) is 0 Å². The van der Waals surface area contributed by atoms with Crippen molar-refractivity contribution in [2.75, 3.05) is 20.7 Å². The Balaban J connectivity index is 1.93. The van der Waals surface area contributed by atoms with E-state index in [4.69, 9.17) is 4.74 Å². The molecule has 2 aromatic heterocycles.